The normalized spacial score (nSPS) is 31.8. The van der Waals surface area contributed by atoms with Crippen molar-refractivity contribution in [3.05, 3.63) is 0 Å². The first-order chi connectivity index (χ1) is 10.5. The molecule has 130 valence electrons. The quantitative estimate of drug-likeness (QED) is 0.372. The third-order valence-electron chi connectivity index (χ3n) is 3.56. The van der Waals surface area contributed by atoms with E-state index < -0.39 is 43.3 Å². The van der Waals surface area contributed by atoms with E-state index >= 15 is 0 Å². The van der Waals surface area contributed by atoms with E-state index in [2.05, 4.69) is 5.32 Å². The number of carbonyl (C=O) groups is 1. The van der Waals surface area contributed by atoms with Gasteiger partial charge in [0.2, 0.25) is 0 Å². The largest absolute Gasteiger partial charge is 0.394 e. The molecule has 0 aliphatic carbocycles. The van der Waals surface area contributed by atoms with Gasteiger partial charge >= 0.3 is 6.03 Å². The van der Waals surface area contributed by atoms with Crippen molar-refractivity contribution >= 4 is 17.6 Å². The lowest BCUT2D eigenvalue weighted by Crippen LogP contribution is -2.65. The lowest BCUT2D eigenvalue weighted by molar-refractivity contribution is -0.257. The van der Waals surface area contributed by atoms with Crippen LogP contribution in [-0.4, -0.2) is 87.6 Å². The molecule has 1 aliphatic rings. The molecule has 0 spiro atoms. The molecule has 8 nitrogen and oxygen atoms in total. The van der Waals surface area contributed by atoms with E-state index in [1.807, 2.05) is 6.92 Å². The van der Waals surface area contributed by atoms with E-state index in [0.717, 1.165) is 6.42 Å². The van der Waals surface area contributed by atoms with Crippen LogP contribution in [0.25, 0.3) is 0 Å². The van der Waals surface area contributed by atoms with E-state index in [9.17, 15) is 25.2 Å². The summed E-state index contributed by atoms with van der Waals surface area (Å²) in [5.74, 6) is 0.238. The van der Waals surface area contributed by atoms with Crippen molar-refractivity contribution in [3.8, 4) is 0 Å². The Hall–Kier alpha value is -0.640. The summed E-state index contributed by atoms with van der Waals surface area (Å²) in [6.45, 7) is 1.96. The number of carbonyl (C=O) groups excluding carboxylic acids is 1. The number of amides is 2. The van der Waals surface area contributed by atoms with Crippen LogP contribution >= 0.6 is 11.6 Å². The second-order valence-electron chi connectivity index (χ2n) is 5.19. The summed E-state index contributed by atoms with van der Waals surface area (Å²) >= 11 is 5.54. The van der Waals surface area contributed by atoms with Crippen LogP contribution < -0.4 is 5.32 Å². The molecule has 1 rings (SSSR count). The van der Waals surface area contributed by atoms with E-state index in [0.29, 0.717) is 13.0 Å². The van der Waals surface area contributed by atoms with E-state index in [-0.39, 0.29) is 12.4 Å². The number of halogens is 1. The van der Waals surface area contributed by atoms with Crippen molar-refractivity contribution in [1.29, 1.82) is 0 Å². The molecule has 1 fully saturated rings. The lowest BCUT2D eigenvalue weighted by Gasteiger charge is -2.44. The number of aliphatic hydroxyl groups excluding tert-OH is 4. The topological polar surface area (TPSA) is 122 Å². The van der Waals surface area contributed by atoms with E-state index in [4.69, 9.17) is 16.3 Å². The molecule has 5 atom stereocenters. The Morgan fingerprint density at radius 2 is 1.95 bits per heavy atom. The summed E-state index contributed by atoms with van der Waals surface area (Å²) in [6, 6.07) is -0.488. The van der Waals surface area contributed by atoms with Crippen LogP contribution in [0.3, 0.4) is 0 Å². The molecule has 1 heterocycles. The van der Waals surface area contributed by atoms with Crippen LogP contribution in [0.15, 0.2) is 0 Å². The number of hydrogen-bond donors (Lipinski definition) is 5. The summed E-state index contributed by atoms with van der Waals surface area (Å²) in [5.41, 5.74) is 0. The highest BCUT2D eigenvalue weighted by atomic mass is 35.5. The minimum atomic E-state index is -1.51. The van der Waals surface area contributed by atoms with Crippen LogP contribution in [0.5, 0.6) is 0 Å². The Labute approximate surface area is 134 Å². The maximum absolute atomic E-state index is 12.2. The van der Waals surface area contributed by atoms with Crippen molar-refractivity contribution in [2.24, 2.45) is 0 Å². The summed E-state index contributed by atoms with van der Waals surface area (Å²) in [4.78, 5) is 13.4. The standard InChI is InChI=1S/C13H25ClN2O6/c1-2-3-6-16(13(21)15-5-4-14)12-11(20)10(19)9(18)8(7-17)22-12/h8-12,17-20H,2-7H2,1H3,(H,15,21)/t8-,9-,10+,11-,12-/m1/s1. The molecule has 2 amide bonds. The molecule has 22 heavy (non-hydrogen) atoms. The highest BCUT2D eigenvalue weighted by Gasteiger charge is 2.46. The number of alkyl halides is 1. The smallest absolute Gasteiger partial charge is 0.319 e. The van der Waals surface area contributed by atoms with Crippen LogP contribution in [0.1, 0.15) is 19.8 Å². The number of rotatable bonds is 7. The first-order valence-corrected chi connectivity index (χ1v) is 7.92. The van der Waals surface area contributed by atoms with Crippen LogP contribution in [0, 0.1) is 0 Å². The number of hydrogen-bond acceptors (Lipinski definition) is 6. The number of urea groups is 1. The third-order valence-corrected chi connectivity index (χ3v) is 3.75. The molecule has 0 radical (unpaired) electrons. The maximum atomic E-state index is 12.2. The highest BCUT2D eigenvalue weighted by molar-refractivity contribution is 6.18. The van der Waals surface area contributed by atoms with Gasteiger partial charge in [-0.25, -0.2) is 4.79 Å². The average molecular weight is 341 g/mol. The van der Waals surface area contributed by atoms with Gasteiger partial charge in [0.25, 0.3) is 0 Å². The molecular weight excluding hydrogens is 316 g/mol. The van der Waals surface area contributed by atoms with Gasteiger partial charge in [-0.3, -0.25) is 4.90 Å². The molecule has 0 saturated carbocycles. The van der Waals surface area contributed by atoms with Crippen LogP contribution in [0.2, 0.25) is 0 Å². The molecule has 1 saturated heterocycles. The van der Waals surface area contributed by atoms with Gasteiger partial charge in [0.15, 0.2) is 6.23 Å². The predicted molar refractivity (Wildman–Crippen MR) is 79.5 cm³/mol. The summed E-state index contributed by atoms with van der Waals surface area (Å²) in [6.07, 6.45) is -5.15. The predicted octanol–water partition coefficient (Wildman–Crippen LogP) is -1.16. The first kappa shape index (κ1) is 19.4. The van der Waals surface area contributed by atoms with Gasteiger partial charge in [0.05, 0.1) is 6.61 Å². The van der Waals surface area contributed by atoms with Crippen LogP contribution in [-0.2, 0) is 4.74 Å². The minimum Gasteiger partial charge on any atom is -0.394 e. The zero-order valence-corrected chi connectivity index (χ0v) is 13.3. The fraction of sp³-hybridized carbons (Fsp3) is 0.923. The van der Waals surface area contributed by atoms with Gasteiger partial charge in [0.1, 0.15) is 24.4 Å². The monoisotopic (exact) mass is 340 g/mol. The van der Waals surface area contributed by atoms with Gasteiger partial charge in [-0.2, -0.15) is 0 Å². The molecular formula is C13H25ClN2O6. The zero-order chi connectivity index (χ0) is 16.7. The molecule has 1 aliphatic heterocycles. The third kappa shape index (κ3) is 4.68. The molecule has 5 N–H and O–H groups in total. The SMILES string of the molecule is CCCCN(C(=O)NCCCl)[C@@H]1O[C@H](CO)[C@@H](O)[C@H](O)[C@H]1O. The average Bonchev–Trinajstić information content (AvgIpc) is 2.52. The minimum absolute atomic E-state index is 0.238. The molecule has 0 bridgehead atoms. The van der Waals surface area contributed by atoms with Gasteiger partial charge in [-0.1, -0.05) is 13.3 Å². The second-order valence-corrected chi connectivity index (χ2v) is 5.57. The van der Waals surface area contributed by atoms with Gasteiger partial charge in [-0.15, -0.1) is 11.6 Å². The fourth-order valence-corrected chi connectivity index (χ4v) is 2.36. The molecule has 0 aromatic rings. The Morgan fingerprint density at radius 1 is 1.27 bits per heavy atom. The molecule has 9 heteroatoms. The van der Waals surface area contributed by atoms with Gasteiger partial charge < -0.3 is 30.5 Å². The van der Waals surface area contributed by atoms with Crippen molar-refractivity contribution in [2.75, 3.05) is 25.6 Å². The van der Waals surface area contributed by atoms with Gasteiger partial charge in [-0.05, 0) is 6.42 Å². The molecule has 0 aromatic carbocycles. The first-order valence-electron chi connectivity index (χ1n) is 7.38. The Bertz CT molecular complexity index is 346. The summed E-state index contributed by atoms with van der Waals surface area (Å²) < 4.78 is 5.41. The number of aliphatic hydroxyl groups is 4. The summed E-state index contributed by atoms with van der Waals surface area (Å²) in [5, 5.41) is 41.5. The van der Waals surface area contributed by atoms with Crippen molar-refractivity contribution in [3.63, 3.8) is 0 Å². The van der Waals surface area contributed by atoms with Crippen LogP contribution in [0.4, 0.5) is 4.79 Å². The Morgan fingerprint density at radius 3 is 2.50 bits per heavy atom. The highest BCUT2D eigenvalue weighted by Crippen LogP contribution is 2.24. The molecule has 0 unspecified atom stereocenters. The number of nitrogens with one attached hydrogen (secondary N) is 1. The Balaban J connectivity index is 2.88. The lowest BCUT2D eigenvalue weighted by atomic mass is 9.97. The van der Waals surface area contributed by atoms with E-state index in [1.54, 1.807) is 0 Å². The number of unbranched alkanes of at least 4 members (excludes halogenated alkanes) is 1. The zero-order valence-electron chi connectivity index (χ0n) is 12.6. The molecule has 0 aromatic heterocycles. The number of ether oxygens (including phenoxy) is 1. The fourth-order valence-electron chi connectivity index (χ4n) is 2.27. The summed E-state index contributed by atoms with van der Waals surface area (Å²) in [7, 11) is 0. The maximum Gasteiger partial charge on any atom is 0.319 e. The number of nitrogens with zero attached hydrogens (tertiary/aromatic N) is 1. The second kappa shape index (κ2) is 9.49. The van der Waals surface area contributed by atoms with Crippen molar-refractivity contribution in [1.82, 2.24) is 10.2 Å². The van der Waals surface area contributed by atoms with Gasteiger partial charge in [0, 0.05) is 19.0 Å². The van der Waals surface area contributed by atoms with E-state index in [1.165, 1.54) is 4.90 Å². The van der Waals surface area contributed by atoms with Crippen molar-refractivity contribution < 1.29 is 30.0 Å². The van der Waals surface area contributed by atoms with Crippen molar-refractivity contribution in [2.45, 2.75) is 50.4 Å². The Kier molecular flexibility index (Phi) is 8.37.